The molecule has 0 saturated carbocycles. The third-order valence-corrected chi connectivity index (χ3v) is 3.29. The summed E-state index contributed by atoms with van der Waals surface area (Å²) >= 11 is 11.8. The second-order valence-electron chi connectivity index (χ2n) is 4.09. The van der Waals surface area contributed by atoms with E-state index >= 15 is 0 Å². The molecule has 21 heavy (non-hydrogen) atoms. The van der Waals surface area contributed by atoms with Gasteiger partial charge in [-0.1, -0.05) is 29.3 Å². The van der Waals surface area contributed by atoms with E-state index in [2.05, 4.69) is 10.3 Å². The lowest BCUT2D eigenvalue weighted by Crippen LogP contribution is -2.08. The number of pyridine rings is 1. The standard InChI is InChI=1S/C13H8Cl2F4N2/c1-20-12-9(15)5-8(14)11(21-12)6-2-3-7(10(16)4-6)13(17,18)19/h2-5H,1H3,(H,20,21). The number of hydrogen-bond acceptors (Lipinski definition) is 2. The molecule has 1 N–H and O–H groups in total. The lowest BCUT2D eigenvalue weighted by Gasteiger charge is -2.11. The number of anilines is 1. The Morgan fingerprint density at radius 3 is 2.29 bits per heavy atom. The second kappa shape index (κ2) is 5.69. The van der Waals surface area contributed by atoms with Crippen molar-refractivity contribution in [1.29, 1.82) is 0 Å². The zero-order valence-corrected chi connectivity index (χ0v) is 12.0. The summed E-state index contributed by atoms with van der Waals surface area (Å²) in [5, 5.41) is 3.07. The molecule has 0 atom stereocenters. The molecule has 1 aromatic heterocycles. The quantitative estimate of drug-likeness (QED) is 0.756. The fourth-order valence-electron chi connectivity index (χ4n) is 1.74. The first kappa shape index (κ1) is 15.9. The summed E-state index contributed by atoms with van der Waals surface area (Å²) in [5.74, 6) is -1.10. The van der Waals surface area contributed by atoms with Crippen molar-refractivity contribution in [3.63, 3.8) is 0 Å². The van der Waals surface area contributed by atoms with Crippen LogP contribution in [0.1, 0.15) is 5.56 Å². The molecule has 1 heterocycles. The fourth-order valence-corrected chi connectivity index (χ4v) is 2.30. The first-order valence-corrected chi connectivity index (χ1v) is 6.40. The Hall–Kier alpha value is -1.53. The summed E-state index contributed by atoms with van der Waals surface area (Å²) in [4.78, 5) is 4.07. The Labute approximate surface area is 127 Å². The zero-order chi connectivity index (χ0) is 15.8. The summed E-state index contributed by atoms with van der Waals surface area (Å²) in [6.07, 6.45) is -4.75. The maximum absolute atomic E-state index is 13.6. The highest BCUT2D eigenvalue weighted by Gasteiger charge is 2.34. The van der Waals surface area contributed by atoms with Crippen LogP contribution in [0, 0.1) is 5.82 Å². The molecule has 2 rings (SSSR count). The van der Waals surface area contributed by atoms with Crippen molar-refractivity contribution in [2.75, 3.05) is 12.4 Å². The van der Waals surface area contributed by atoms with Crippen LogP contribution in [0.15, 0.2) is 24.3 Å². The summed E-state index contributed by atoms with van der Waals surface area (Å²) in [6, 6.07) is 3.88. The van der Waals surface area contributed by atoms with Crippen molar-refractivity contribution in [1.82, 2.24) is 4.98 Å². The highest BCUT2D eigenvalue weighted by atomic mass is 35.5. The van der Waals surface area contributed by atoms with E-state index in [9.17, 15) is 17.6 Å². The molecule has 2 aromatic rings. The number of halogens is 6. The van der Waals surface area contributed by atoms with Gasteiger partial charge in [-0.3, -0.25) is 0 Å². The van der Waals surface area contributed by atoms with Gasteiger partial charge in [0.15, 0.2) is 0 Å². The average Bonchev–Trinajstić information content (AvgIpc) is 2.37. The van der Waals surface area contributed by atoms with Gasteiger partial charge in [-0.25, -0.2) is 9.37 Å². The molecule has 0 radical (unpaired) electrons. The van der Waals surface area contributed by atoms with Crippen molar-refractivity contribution in [3.05, 3.63) is 45.7 Å². The van der Waals surface area contributed by atoms with Crippen molar-refractivity contribution < 1.29 is 17.6 Å². The van der Waals surface area contributed by atoms with Crippen molar-refractivity contribution in [2.45, 2.75) is 6.18 Å². The zero-order valence-electron chi connectivity index (χ0n) is 10.5. The smallest absolute Gasteiger partial charge is 0.372 e. The van der Waals surface area contributed by atoms with E-state index in [1.165, 1.54) is 6.07 Å². The highest BCUT2D eigenvalue weighted by Crippen LogP contribution is 2.36. The van der Waals surface area contributed by atoms with Crippen LogP contribution >= 0.6 is 23.2 Å². The molecule has 8 heteroatoms. The van der Waals surface area contributed by atoms with Gasteiger partial charge in [0.2, 0.25) is 0 Å². The van der Waals surface area contributed by atoms with E-state index < -0.39 is 17.6 Å². The van der Waals surface area contributed by atoms with Crippen LogP contribution in [0.3, 0.4) is 0 Å². The van der Waals surface area contributed by atoms with Gasteiger partial charge >= 0.3 is 6.18 Å². The molecule has 0 unspecified atom stereocenters. The average molecular weight is 339 g/mol. The third kappa shape index (κ3) is 3.22. The van der Waals surface area contributed by atoms with Gasteiger partial charge in [0, 0.05) is 12.6 Å². The molecule has 0 saturated heterocycles. The molecule has 0 bridgehead atoms. The van der Waals surface area contributed by atoms with Crippen molar-refractivity contribution in [3.8, 4) is 11.3 Å². The van der Waals surface area contributed by atoms with Crippen molar-refractivity contribution >= 4 is 29.0 Å². The second-order valence-corrected chi connectivity index (χ2v) is 4.91. The number of alkyl halides is 3. The molecule has 0 spiro atoms. The first-order chi connectivity index (χ1) is 9.74. The van der Waals surface area contributed by atoms with Gasteiger partial charge in [0.25, 0.3) is 0 Å². The van der Waals surface area contributed by atoms with Crippen LogP contribution in [-0.2, 0) is 6.18 Å². The topological polar surface area (TPSA) is 24.9 Å². The minimum atomic E-state index is -4.75. The summed E-state index contributed by atoms with van der Waals surface area (Å²) in [5.41, 5.74) is -1.08. The van der Waals surface area contributed by atoms with Crippen LogP contribution in [0.2, 0.25) is 10.0 Å². The van der Waals surface area contributed by atoms with Gasteiger partial charge in [-0.2, -0.15) is 13.2 Å². The summed E-state index contributed by atoms with van der Waals surface area (Å²) < 4.78 is 51.2. The monoisotopic (exact) mass is 338 g/mol. The van der Waals surface area contributed by atoms with Crippen LogP contribution in [0.25, 0.3) is 11.3 Å². The van der Waals surface area contributed by atoms with Gasteiger partial charge in [0.1, 0.15) is 11.6 Å². The molecule has 0 amide bonds. The lowest BCUT2D eigenvalue weighted by atomic mass is 10.1. The molecule has 1 aromatic carbocycles. The van der Waals surface area contributed by atoms with Crippen LogP contribution < -0.4 is 5.32 Å². The number of hydrogen-bond donors (Lipinski definition) is 1. The van der Waals surface area contributed by atoms with Crippen LogP contribution in [-0.4, -0.2) is 12.0 Å². The predicted molar refractivity (Wildman–Crippen MR) is 74.2 cm³/mol. The van der Waals surface area contributed by atoms with Gasteiger partial charge in [-0.05, 0) is 18.2 Å². The number of aromatic nitrogens is 1. The maximum Gasteiger partial charge on any atom is 0.419 e. The van der Waals surface area contributed by atoms with Gasteiger partial charge in [-0.15, -0.1) is 0 Å². The van der Waals surface area contributed by atoms with Crippen molar-refractivity contribution in [2.24, 2.45) is 0 Å². The number of benzene rings is 1. The third-order valence-electron chi connectivity index (χ3n) is 2.71. The number of rotatable bonds is 2. The van der Waals surface area contributed by atoms with E-state index in [1.54, 1.807) is 7.05 Å². The Morgan fingerprint density at radius 1 is 1.10 bits per heavy atom. The molecular formula is C13H8Cl2F4N2. The first-order valence-electron chi connectivity index (χ1n) is 5.65. The molecule has 0 aliphatic heterocycles. The molecule has 0 aliphatic rings. The minimum absolute atomic E-state index is 0.109. The Bertz CT molecular complexity index is 687. The van der Waals surface area contributed by atoms with Crippen LogP contribution in [0.4, 0.5) is 23.4 Å². The Kier molecular flexibility index (Phi) is 4.30. The normalized spacial score (nSPS) is 11.6. The maximum atomic E-state index is 13.6. The molecular weight excluding hydrogens is 331 g/mol. The fraction of sp³-hybridized carbons (Fsp3) is 0.154. The highest BCUT2D eigenvalue weighted by molar-refractivity contribution is 6.37. The molecule has 0 aliphatic carbocycles. The van der Waals surface area contributed by atoms with E-state index in [0.29, 0.717) is 6.07 Å². The van der Waals surface area contributed by atoms with E-state index in [1.807, 2.05) is 0 Å². The van der Waals surface area contributed by atoms with E-state index in [4.69, 9.17) is 23.2 Å². The van der Waals surface area contributed by atoms with E-state index in [-0.39, 0.29) is 27.1 Å². The molecule has 0 fully saturated rings. The van der Waals surface area contributed by atoms with Gasteiger partial charge < -0.3 is 5.32 Å². The summed E-state index contributed by atoms with van der Waals surface area (Å²) in [7, 11) is 1.57. The Morgan fingerprint density at radius 2 is 1.76 bits per heavy atom. The van der Waals surface area contributed by atoms with Crippen LogP contribution in [0.5, 0.6) is 0 Å². The number of nitrogens with zero attached hydrogens (tertiary/aromatic N) is 1. The Balaban J connectivity index is 2.56. The minimum Gasteiger partial charge on any atom is -0.372 e. The van der Waals surface area contributed by atoms with E-state index in [0.717, 1.165) is 12.1 Å². The molecule has 2 nitrogen and oxygen atoms in total. The molecule has 112 valence electrons. The predicted octanol–water partition coefficient (Wildman–Crippen LogP) is 5.26. The summed E-state index contributed by atoms with van der Waals surface area (Å²) in [6.45, 7) is 0. The lowest BCUT2D eigenvalue weighted by molar-refractivity contribution is -0.139. The largest absolute Gasteiger partial charge is 0.419 e. The SMILES string of the molecule is CNc1nc(-c2ccc(C(F)(F)F)c(F)c2)c(Cl)cc1Cl. The number of nitrogens with one attached hydrogen (secondary N) is 1. The van der Waals surface area contributed by atoms with Gasteiger partial charge in [0.05, 0.1) is 21.3 Å².